The quantitative estimate of drug-likeness (QED) is 0.789. The topological polar surface area (TPSA) is 94.0 Å². The maximum Gasteiger partial charge on any atom is 0.305 e. The predicted octanol–water partition coefficient (Wildman–Crippen LogP) is 0.0521. The van der Waals surface area contributed by atoms with Gasteiger partial charge in [0.05, 0.1) is 18.2 Å². The number of aryl methyl sites for hydroxylation is 1. The fourth-order valence-electron chi connectivity index (χ4n) is 1.02. The lowest BCUT2D eigenvalue weighted by Crippen LogP contribution is -2.18. The van der Waals surface area contributed by atoms with E-state index in [0.717, 1.165) is 0 Å². The van der Waals surface area contributed by atoms with Gasteiger partial charge >= 0.3 is 5.97 Å². The molecule has 0 unspecified atom stereocenters. The third kappa shape index (κ3) is 2.25. The van der Waals surface area contributed by atoms with E-state index in [4.69, 9.17) is 10.8 Å². The van der Waals surface area contributed by atoms with Gasteiger partial charge in [-0.05, 0) is 15.9 Å². The van der Waals surface area contributed by atoms with Gasteiger partial charge in [-0.2, -0.15) is 0 Å². The van der Waals surface area contributed by atoms with E-state index in [-0.39, 0.29) is 6.42 Å². The second-order valence-corrected chi connectivity index (χ2v) is 3.34. The number of hydrogen-bond acceptors (Lipinski definition) is 4. The highest BCUT2D eigenvalue weighted by Gasteiger charge is 2.18. The van der Waals surface area contributed by atoms with Crippen molar-refractivity contribution in [1.29, 1.82) is 0 Å². The van der Waals surface area contributed by atoms with Crippen molar-refractivity contribution in [2.75, 3.05) is 0 Å². The Balaban J connectivity index is 2.87. The lowest BCUT2D eigenvalue weighted by molar-refractivity contribution is -0.137. The van der Waals surface area contributed by atoms with Crippen LogP contribution in [0.4, 0.5) is 0 Å². The Labute approximate surface area is 82.8 Å². The number of carbonyl (C=O) groups is 1. The number of rotatable bonds is 3. The minimum Gasteiger partial charge on any atom is -0.481 e. The molecule has 3 N–H and O–H groups in total. The van der Waals surface area contributed by atoms with Crippen molar-refractivity contribution in [3.8, 4) is 0 Å². The zero-order valence-corrected chi connectivity index (χ0v) is 8.52. The molecule has 13 heavy (non-hydrogen) atoms. The molecule has 0 saturated carbocycles. The fraction of sp³-hybridized carbons (Fsp3) is 0.500. The molecular formula is C6H9BrN4O2. The first-order valence-electron chi connectivity index (χ1n) is 3.54. The zero-order valence-electron chi connectivity index (χ0n) is 6.94. The summed E-state index contributed by atoms with van der Waals surface area (Å²) < 4.78 is 1.95. The first kappa shape index (κ1) is 10.1. The van der Waals surface area contributed by atoms with E-state index in [0.29, 0.717) is 10.3 Å². The van der Waals surface area contributed by atoms with Gasteiger partial charge in [-0.15, -0.1) is 5.10 Å². The van der Waals surface area contributed by atoms with Crippen LogP contribution < -0.4 is 5.73 Å². The number of nitrogens with two attached hydrogens (primary N) is 1. The van der Waals surface area contributed by atoms with Crippen molar-refractivity contribution in [1.82, 2.24) is 15.0 Å². The molecule has 0 aliphatic heterocycles. The van der Waals surface area contributed by atoms with Crippen LogP contribution in [0.1, 0.15) is 18.2 Å². The standard InChI is InChI=1S/C6H9BrN4O2/c1-11-5(6(7)9-10-11)3(8)2-4(12)13/h3H,2,8H2,1H3,(H,12,13)/t3-/m1/s1. The number of carboxylic acids is 1. The van der Waals surface area contributed by atoms with E-state index >= 15 is 0 Å². The Morgan fingerprint density at radius 2 is 2.46 bits per heavy atom. The number of hydrogen-bond donors (Lipinski definition) is 2. The maximum atomic E-state index is 10.4. The summed E-state index contributed by atoms with van der Waals surface area (Å²) in [6.07, 6.45) is -0.139. The molecule has 72 valence electrons. The molecule has 1 atom stereocenters. The van der Waals surface area contributed by atoms with Crippen LogP contribution in [0, 0.1) is 0 Å². The Hall–Kier alpha value is -0.950. The number of halogens is 1. The highest BCUT2D eigenvalue weighted by molar-refractivity contribution is 9.10. The molecule has 1 rings (SSSR count). The molecule has 0 aliphatic rings. The highest BCUT2D eigenvalue weighted by Crippen LogP contribution is 2.20. The molecule has 7 heteroatoms. The molecule has 0 aromatic carbocycles. The molecular weight excluding hydrogens is 240 g/mol. The van der Waals surface area contributed by atoms with Gasteiger partial charge in [0, 0.05) is 7.05 Å². The van der Waals surface area contributed by atoms with Crippen LogP contribution in [0.25, 0.3) is 0 Å². The van der Waals surface area contributed by atoms with Gasteiger partial charge in [-0.1, -0.05) is 5.21 Å². The number of carboxylic acid groups (broad SMARTS) is 1. The van der Waals surface area contributed by atoms with E-state index in [1.807, 2.05) is 0 Å². The SMILES string of the molecule is Cn1nnc(Br)c1[C@H](N)CC(=O)O. The van der Waals surface area contributed by atoms with Crippen LogP contribution in [0.5, 0.6) is 0 Å². The molecule has 0 amide bonds. The van der Waals surface area contributed by atoms with Crippen LogP contribution >= 0.6 is 15.9 Å². The van der Waals surface area contributed by atoms with Crippen molar-refractivity contribution in [3.63, 3.8) is 0 Å². The first-order chi connectivity index (χ1) is 6.02. The van der Waals surface area contributed by atoms with Crippen molar-refractivity contribution in [2.24, 2.45) is 12.8 Å². The van der Waals surface area contributed by atoms with Gasteiger partial charge in [-0.25, -0.2) is 4.68 Å². The van der Waals surface area contributed by atoms with Gasteiger partial charge in [0.15, 0.2) is 4.60 Å². The largest absolute Gasteiger partial charge is 0.481 e. The Morgan fingerprint density at radius 1 is 1.85 bits per heavy atom. The smallest absolute Gasteiger partial charge is 0.305 e. The predicted molar refractivity (Wildman–Crippen MR) is 47.9 cm³/mol. The van der Waals surface area contributed by atoms with E-state index in [9.17, 15) is 4.79 Å². The van der Waals surface area contributed by atoms with Crippen molar-refractivity contribution in [2.45, 2.75) is 12.5 Å². The maximum absolute atomic E-state index is 10.4. The molecule has 0 radical (unpaired) electrons. The summed E-state index contributed by atoms with van der Waals surface area (Å²) in [6, 6.07) is -0.591. The minimum absolute atomic E-state index is 0.139. The summed E-state index contributed by atoms with van der Waals surface area (Å²) in [5.74, 6) is -0.944. The van der Waals surface area contributed by atoms with Crippen LogP contribution in [-0.4, -0.2) is 26.1 Å². The average molecular weight is 249 g/mol. The lowest BCUT2D eigenvalue weighted by Gasteiger charge is -2.08. The molecule has 0 spiro atoms. The second kappa shape index (κ2) is 3.84. The molecule has 0 aliphatic carbocycles. The average Bonchev–Trinajstić information content (AvgIpc) is 2.29. The van der Waals surface area contributed by atoms with Crippen molar-refractivity contribution >= 4 is 21.9 Å². The van der Waals surface area contributed by atoms with Crippen LogP contribution in [0.2, 0.25) is 0 Å². The van der Waals surface area contributed by atoms with Gasteiger partial charge in [-0.3, -0.25) is 4.79 Å². The van der Waals surface area contributed by atoms with E-state index in [1.54, 1.807) is 7.05 Å². The van der Waals surface area contributed by atoms with Crippen LogP contribution in [0.3, 0.4) is 0 Å². The summed E-state index contributed by atoms with van der Waals surface area (Å²) in [4.78, 5) is 10.4. The first-order valence-corrected chi connectivity index (χ1v) is 4.34. The third-order valence-electron chi connectivity index (χ3n) is 1.57. The number of nitrogens with zero attached hydrogens (tertiary/aromatic N) is 3. The minimum atomic E-state index is -0.944. The van der Waals surface area contributed by atoms with E-state index < -0.39 is 12.0 Å². The van der Waals surface area contributed by atoms with Crippen molar-refractivity contribution in [3.05, 3.63) is 10.3 Å². The molecule has 1 heterocycles. The fourth-order valence-corrected chi connectivity index (χ4v) is 1.64. The summed E-state index contributed by atoms with van der Waals surface area (Å²) >= 11 is 3.14. The van der Waals surface area contributed by atoms with E-state index in [1.165, 1.54) is 4.68 Å². The molecule has 0 saturated heterocycles. The normalized spacial score (nSPS) is 12.8. The summed E-state index contributed by atoms with van der Waals surface area (Å²) in [6.45, 7) is 0. The summed E-state index contributed by atoms with van der Waals surface area (Å²) in [5.41, 5.74) is 6.22. The van der Waals surface area contributed by atoms with Gasteiger partial charge in [0.25, 0.3) is 0 Å². The molecule has 0 bridgehead atoms. The zero-order chi connectivity index (χ0) is 10.0. The van der Waals surface area contributed by atoms with Crippen molar-refractivity contribution < 1.29 is 9.90 Å². The Bertz CT molecular complexity index is 305. The monoisotopic (exact) mass is 248 g/mol. The van der Waals surface area contributed by atoms with E-state index in [2.05, 4.69) is 26.2 Å². The molecule has 1 aromatic heterocycles. The van der Waals surface area contributed by atoms with Gasteiger partial charge < -0.3 is 10.8 Å². The molecule has 0 fully saturated rings. The third-order valence-corrected chi connectivity index (χ3v) is 2.14. The summed E-state index contributed by atoms with van der Waals surface area (Å²) in [5, 5.41) is 15.9. The second-order valence-electron chi connectivity index (χ2n) is 2.59. The van der Waals surface area contributed by atoms with Crippen LogP contribution in [-0.2, 0) is 11.8 Å². The lowest BCUT2D eigenvalue weighted by atomic mass is 10.2. The van der Waals surface area contributed by atoms with Gasteiger partial charge in [0.2, 0.25) is 0 Å². The Kier molecular flexibility index (Phi) is 2.99. The summed E-state index contributed by atoms with van der Waals surface area (Å²) in [7, 11) is 1.66. The number of aromatic nitrogens is 3. The van der Waals surface area contributed by atoms with Gasteiger partial charge in [0.1, 0.15) is 0 Å². The highest BCUT2D eigenvalue weighted by atomic mass is 79.9. The molecule has 1 aromatic rings. The molecule has 6 nitrogen and oxygen atoms in total. The Morgan fingerprint density at radius 3 is 2.85 bits per heavy atom. The van der Waals surface area contributed by atoms with Crippen LogP contribution in [0.15, 0.2) is 4.60 Å². The number of aliphatic carboxylic acids is 1.